The van der Waals surface area contributed by atoms with Gasteiger partial charge in [-0.3, -0.25) is 10.1 Å². The molecule has 0 amide bonds. The molecule has 0 aliphatic heterocycles. The Labute approximate surface area is 120 Å². The fraction of sp³-hybridized carbons (Fsp3) is 0.133. The summed E-state index contributed by atoms with van der Waals surface area (Å²) in [4.78, 5) is 10.2. The molecule has 2 rings (SSSR count). The molecule has 2 aromatic rings. The maximum Gasteiger partial charge on any atom is 0.269 e. The van der Waals surface area contributed by atoms with Gasteiger partial charge in [0.2, 0.25) is 0 Å². The first-order chi connectivity index (χ1) is 10.1. The van der Waals surface area contributed by atoms with E-state index in [1.165, 1.54) is 24.3 Å². The van der Waals surface area contributed by atoms with Crippen LogP contribution in [0.1, 0.15) is 16.7 Å². The van der Waals surface area contributed by atoms with E-state index in [0.717, 1.165) is 5.56 Å². The Morgan fingerprint density at radius 1 is 1.19 bits per heavy atom. The summed E-state index contributed by atoms with van der Waals surface area (Å²) in [6.07, 6.45) is 0. The Morgan fingerprint density at radius 3 is 2.67 bits per heavy atom. The summed E-state index contributed by atoms with van der Waals surface area (Å²) in [7, 11) is 0. The second-order valence-corrected chi connectivity index (χ2v) is 4.49. The zero-order chi connectivity index (χ0) is 15.2. The highest BCUT2D eigenvalue weighted by molar-refractivity contribution is 5.35. The number of halogens is 1. The molecule has 0 unspecified atom stereocenters. The van der Waals surface area contributed by atoms with Gasteiger partial charge in [-0.2, -0.15) is 5.26 Å². The van der Waals surface area contributed by atoms with Gasteiger partial charge in [-0.1, -0.05) is 12.1 Å². The van der Waals surface area contributed by atoms with E-state index < -0.39 is 10.7 Å². The van der Waals surface area contributed by atoms with Crippen LogP contribution in [0.15, 0.2) is 42.5 Å². The van der Waals surface area contributed by atoms with Crippen LogP contribution in [-0.4, -0.2) is 4.92 Å². The number of nitrogens with one attached hydrogen (secondary N) is 1. The number of hydrogen-bond acceptors (Lipinski definition) is 4. The molecule has 0 fully saturated rings. The van der Waals surface area contributed by atoms with Crippen LogP contribution in [0.5, 0.6) is 0 Å². The molecular formula is C15H12FN3O2. The number of nitro groups is 1. The maximum absolute atomic E-state index is 13.3. The highest BCUT2D eigenvalue weighted by Gasteiger charge is 2.05. The lowest BCUT2D eigenvalue weighted by Gasteiger charge is -2.06. The Balaban J connectivity index is 1.98. The summed E-state index contributed by atoms with van der Waals surface area (Å²) in [5, 5.41) is 22.5. The molecule has 0 spiro atoms. The molecule has 0 atom stereocenters. The van der Waals surface area contributed by atoms with Crippen molar-refractivity contribution in [3.05, 3.63) is 75.1 Å². The van der Waals surface area contributed by atoms with Gasteiger partial charge in [0.25, 0.3) is 5.69 Å². The first kappa shape index (κ1) is 14.6. The minimum atomic E-state index is -0.457. The highest BCUT2D eigenvalue weighted by atomic mass is 19.1. The van der Waals surface area contributed by atoms with Gasteiger partial charge in [0.05, 0.1) is 16.6 Å². The monoisotopic (exact) mass is 285 g/mol. The van der Waals surface area contributed by atoms with Crippen molar-refractivity contribution >= 4 is 5.69 Å². The Kier molecular flexibility index (Phi) is 4.59. The molecule has 0 aliphatic rings. The summed E-state index contributed by atoms with van der Waals surface area (Å²) in [5.41, 5.74) is 1.71. The van der Waals surface area contributed by atoms with E-state index in [-0.39, 0.29) is 11.3 Å². The number of nitriles is 1. The normalized spacial score (nSPS) is 10.1. The van der Waals surface area contributed by atoms with Crippen molar-refractivity contribution in [2.24, 2.45) is 0 Å². The predicted octanol–water partition coefficient (Wildman–Crippen LogP) is 2.90. The van der Waals surface area contributed by atoms with Crippen LogP contribution in [0.25, 0.3) is 0 Å². The van der Waals surface area contributed by atoms with E-state index in [0.29, 0.717) is 18.7 Å². The van der Waals surface area contributed by atoms with Crippen molar-refractivity contribution in [1.29, 1.82) is 5.26 Å². The van der Waals surface area contributed by atoms with E-state index in [1.807, 2.05) is 6.07 Å². The first-order valence-electron chi connectivity index (χ1n) is 6.22. The van der Waals surface area contributed by atoms with Crippen molar-refractivity contribution in [3.8, 4) is 6.07 Å². The number of nitro benzene ring substituents is 1. The lowest BCUT2D eigenvalue weighted by molar-refractivity contribution is -0.384. The fourth-order valence-electron chi connectivity index (χ4n) is 1.95. The largest absolute Gasteiger partial charge is 0.309 e. The molecule has 0 saturated carbocycles. The third-order valence-corrected chi connectivity index (χ3v) is 2.87. The van der Waals surface area contributed by atoms with Gasteiger partial charge in [0.15, 0.2) is 0 Å². The van der Waals surface area contributed by atoms with Gasteiger partial charge in [-0.15, -0.1) is 0 Å². The summed E-state index contributed by atoms with van der Waals surface area (Å²) < 4.78 is 13.3. The molecule has 2 aromatic carbocycles. The Bertz CT molecular complexity index is 710. The number of hydrogen-bond donors (Lipinski definition) is 1. The molecule has 6 heteroatoms. The van der Waals surface area contributed by atoms with Gasteiger partial charge >= 0.3 is 0 Å². The van der Waals surface area contributed by atoms with Gasteiger partial charge in [-0.25, -0.2) is 4.39 Å². The Morgan fingerprint density at radius 2 is 1.95 bits per heavy atom. The highest BCUT2D eigenvalue weighted by Crippen LogP contribution is 2.13. The summed E-state index contributed by atoms with van der Waals surface area (Å²) in [5.74, 6) is -0.457. The van der Waals surface area contributed by atoms with Gasteiger partial charge in [0.1, 0.15) is 5.82 Å². The third-order valence-electron chi connectivity index (χ3n) is 2.87. The summed E-state index contributed by atoms with van der Waals surface area (Å²) in [6, 6.07) is 12.3. The molecule has 0 saturated heterocycles. The smallest absolute Gasteiger partial charge is 0.269 e. The van der Waals surface area contributed by atoms with Crippen LogP contribution in [0, 0.1) is 27.3 Å². The standard InChI is InChI=1S/C15H12FN3O2/c16-14-5-12(8-17)4-13(6-14)10-18-9-11-2-1-3-15(7-11)19(20)21/h1-7,18H,9-10H2. The second kappa shape index (κ2) is 6.59. The zero-order valence-electron chi connectivity index (χ0n) is 11.0. The minimum Gasteiger partial charge on any atom is -0.309 e. The Hall–Kier alpha value is -2.78. The molecule has 5 nitrogen and oxygen atoms in total. The molecular weight excluding hydrogens is 273 g/mol. The van der Waals surface area contributed by atoms with E-state index >= 15 is 0 Å². The third kappa shape index (κ3) is 4.09. The van der Waals surface area contributed by atoms with E-state index in [9.17, 15) is 14.5 Å². The average molecular weight is 285 g/mol. The maximum atomic E-state index is 13.3. The van der Waals surface area contributed by atoms with Gasteiger partial charge < -0.3 is 5.32 Å². The number of non-ortho nitro benzene ring substituents is 1. The van der Waals surface area contributed by atoms with Crippen LogP contribution in [0.4, 0.5) is 10.1 Å². The first-order valence-corrected chi connectivity index (χ1v) is 6.22. The zero-order valence-corrected chi connectivity index (χ0v) is 11.0. The molecule has 0 aromatic heterocycles. The molecule has 21 heavy (non-hydrogen) atoms. The molecule has 0 aliphatic carbocycles. The fourth-order valence-corrected chi connectivity index (χ4v) is 1.95. The molecule has 1 N–H and O–H groups in total. The topological polar surface area (TPSA) is 79.0 Å². The average Bonchev–Trinajstić information content (AvgIpc) is 2.47. The molecule has 0 bridgehead atoms. The second-order valence-electron chi connectivity index (χ2n) is 4.49. The van der Waals surface area contributed by atoms with Gasteiger partial charge in [-0.05, 0) is 29.3 Å². The van der Waals surface area contributed by atoms with Crippen molar-refractivity contribution < 1.29 is 9.31 Å². The quantitative estimate of drug-likeness (QED) is 0.676. The van der Waals surface area contributed by atoms with Crippen LogP contribution in [-0.2, 0) is 13.1 Å². The van der Waals surface area contributed by atoms with Crippen LogP contribution < -0.4 is 5.32 Å². The van der Waals surface area contributed by atoms with E-state index in [1.54, 1.807) is 18.2 Å². The van der Waals surface area contributed by atoms with Crippen LogP contribution >= 0.6 is 0 Å². The van der Waals surface area contributed by atoms with Crippen LogP contribution in [0.3, 0.4) is 0 Å². The molecule has 0 radical (unpaired) electrons. The van der Waals surface area contributed by atoms with Crippen molar-refractivity contribution in [2.75, 3.05) is 0 Å². The van der Waals surface area contributed by atoms with Gasteiger partial charge in [0, 0.05) is 25.2 Å². The van der Waals surface area contributed by atoms with Crippen molar-refractivity contribution in [2.45, 2.75) is 13.1 Å². The summed E-state index contributed by atoms with van der Waals surface area (Å²) in [6.45, 7) is 0.787. The minimum absolute atomic E-state index is 0.0341. The molecule has 0 heterocycles. The SMILES string of the molecule is N#Cc1cc(F)cc(CNCc2cccc([N+](=O)[O-])c2)c1. The summed E-state index contributed by atoms with van der Waals surface area (Å²) >= 11 is 0. The number of benzene rings is 2. The van der Waals surface area contributed by atoms with E-state index in [2.05, 4.69) is 5.32 Å². The number of nitrogens with zero attached hydrogens (tertiary/aromatic N) is 2. The molecule has 106 valence electrons. The number of rotatable bonds is 5. The lowest BCUT2D eigenvalue weighted by atomic mass is 10.1. The van der Waals surface area contributed by atoms with E-state index in [4.69, 9.17) is 5.26 Å². The predicted molar refractivity (Wildman–Crippen MR) is 74.8 cm³/mol. The lowest BCUT2D eigenvalue weighted by Crippen LogP contribution is -2.13. The van der Waals surface area contributed by atoms with Crippen molar-refractivity contribution in [3.63, 3.8) is 0 Å². The van der Waals surface area contributed by atoms with Crippen LogP contribution in [0.2, 0.25) is 0 Å². The van der Waals surface area contributed by atoms with Crippen molar-refractivity contribution in [1.82, 2.24) is 5.32 Å².